The molecule has 0 aliphatic heterocycles. The number of aryl methyl sites for hydroxylation is 1. The summed E-state index contributed by atoms with van der Waals surface area (Å²) in [5.74, 6) is 0.713. The fraction of sp³-hybridized carbons (Fsp3) is 0.286. The van der Waals surface area contributed by atoms with Crippen molar-refractivity contribution in [3.63, 3.8) is 0 Å². The van der Waals surface area contributed by atoms with Crippen molar-refractivity contribution in [3.05, 3.63) is 68.7 Å². The van der Waals surface area contributed by atoms with Gasteiger partial charge in [0, 0.05) is 22.9 Å². The molecule has 0 atom stereocenters. The van der Waals surface area contributed by atoms with Crippen LogP contribution < -0.4 is 5.56 Å². The number of fused-ring (bicyclic) bond motifs is 3. The zero-order valence-corrected chi connectivity index (χ0v) is 17.9. The highest BCUT2D eigenvalue weighted by atomic mass is 35.5. The topological polar surface area (TPSA) is 52.2 Å². The van der Waals surface area contributed by atoms with Crippen molar-refractivity contribution in [2.24, 2.45) is 5.92 Å². The van der Waals surface area contributed by atoms with E-state index in [-0.39, 0.29) is 17.3 Å². The molecule has 29 heavy (non-hydrogen) atoms. The number of rotatable bonds is 5. The molecule has 0 bridgehead atoms. The van der Waals surface area contributed by atoms with E-state index in [0.29, 0.717) is 39.2 Å². The SMILES string of the molecule is Cc1ccc2c(c1)c(=O)n(CC(C)C)c1nnc(SCc3c(F)cccc3Cl)n21. The van der Waals surface area contributed by atoms with Gasteiger partial charge in [0.25, 0.3) is 5.56 Å². The molecule has 2 aromatic heterocycles. The van der Waals surface area contributed by atoms with Gasteiger partial charge in [0.2, 0.25) is 5.78 Å². The van der Waals surface area contributed by atoms with E-state index in [1.807, 2.05) is 29.5 Å². The minimum atomic E-state index is -0.351. The van der Waals surface area contributed by atoms with Crippen LogP contribution in [0.25, 0.3) is 16.7 Å². The largest absolute Gasteiger partial charge is 0.276 e. The van der Waals surface area contributed by atoms with Crippen LogP contribution in [0.5, 0.6) is 0 Å². The molecular formula is C21H20ClFN4OS. The Morgan fingerprint density at radius 3 is 2.72 bits per heavy atom. The number of benzene rings is 2. The first-order chi connectivity index (χ1) is 13.9. The second-order valence-electron chi connectivity index (χ2n) is 7.44. The van der Waals surface area contributed by atoms with Gasteiger partial charge < -0.3 is 0 Å². The molecule has 0 saturated carbocycles. The van der Waals surface area contributed by atoms with Crippen LogP contribution in [-0.4, -0.2) is 19.2 Å². The molecule has 0 aliphatic rings. The van der Waals surface area contributed by atoms with Crippen LogP contribution in [0.3, 0.4) is 0 Å². The maximum absolute atomic E-state index is 14.2. The maximum Gasteiger partial charge on any atom is 0.262 e. The highest BCUT2D eigenvalue weighted by Gasteiger charge is 2.18. The summed E-state index contributed by atoms with van der Waals surface area (Å²) < 4.78 is 17.7. The molecule has 0 amide bonds. The van der Waals surface area contributed by atoms with Gasteiger partial charge in [-0.3, -0.25) is 13.8 Å². The monoisotopic (exact) mass is 430 g/mol. The quantitative estimate of drug-likeness (QED) is 0.413. The third kappa shape index (κ3) is 3.65. The Kier molecular flexibility index (Phi) is 5.36. The van der Waals surface area contributed by atoms with Crippen molar-refractivity contribution in [1.29, 1.82) is 0 Å². The maximum atomic E-state index is 14.2. The molecule has 0 spiro atoms. The lowest BCUT2D eigenvalue weighted by Crippen LogP contribution is -2.25. The zero-order chi connectivity index (χ0) is 20.7. The molecule has 5 nitrogen and oxygen atoms in total. The molecule has 8 heteroatoms. The molecule has 0 saturated heterocycles. The van der Waals surface area contributed by atoms with Crippen LogP contribution in [0.15, 0.2) is 46.3 Å². The van der Waals surface area contributed by atoms with Gasteiger partial charge >= 0.3 is 0 Å². The normalized spacial score (nSPS) is 11.8. The molecular weight excluding hydrogens is 411 g/mol. The van der Waals surface area contributed by atoms with Crippen molar-refractivity contribution in [1.82, 2.24) is 19.2 Å². The lowest BCUT2D eigenvalue weighted by molar-refractivity contribution is 0.517. The zero-order valence-electron chi connectivity index (χ0n) is 16.3. The van der Waals surface area contributed by atoms with Crippen molar-refractivity contribution in [3.8, 4) is 0 Å². The van der Waals surface area contributed by atoms with Gasteiger partial charge in [-0.1, -0.05) is 54.9 Å². The van der Waals surface area contributed by atoms with Crippen molar-refractivity contribution in [2.45, 2.75) is 38.2 Å². The molecule has 2 aromatic carbocycles. The Bertz CT molecular complexity index is 1260. The van der Waals surface area contributed by atoms with Crippen LogP contribution >= 0.6 is 23.4 Å². The lowest BCUT2D eigenvalue weighted by atomic mass is 10.1. The number of thioether (sulfide) groups is 1. The lowest BCUT2D eigenvalue weighted by Gasteiger charge is -2.13. The van der Waals surface area contributed by atoms with E-state index in [1.165, 1.54) is 17.8 Å². The van der Waals surface area contributed by atoms with E-state index < -0.39 is 0 Å². The minimum absolute atomic E-state index is 0.0778. The Morgan fingerprint density at radius 1 is 1.21 bits per heavy atom. The Labute approximate surface area is 176 Å². The van der Waals surface area contributed by atoms with Crippen LogP contribution in [-0.2, 0) is 12.3 Å². The van der Waals surface area contributed by atoms with Gasteiger partial charge in [0.05, 0.1) is 10.9 Å². The van der Waals surface area contributed by atoms with Gasteiger partial charge in [0.1, 0.15) is 5.82 Å². The Morgan fingerprint density at radius 2 is 2.00 bits per heavy atom. The summed E-state index contributed by atoms with van der Waals surface area (Å²) in [6.07, 6.45) is 0. The van der Waals surface area contributed by atoms with E-state index in [4.69, 9.17) is 11.6 Å². The third-order valence-electron chi connectivity index (χ3n) is 4.68. The molecule has 150 valence electrons. The first-order valence-electron chi connectivity index (χ1n) is 9.30. The number of nitrogens with zero attached hydrogens (tertiary/aromatic N) is 4. The fourth-order valence-corrected chi connectivity index (χ4v) is 4.61. The molecule has 0 radical (unpaired) electrons. The Hall–Kier alpha value is -2.38. The average molecular weight is 431 g/mol. The molecule has 0 fully saturated rings. The van der Waals surface area contributed by atoms with Crippen LogP contribution in [0, 0.1) is 18.7 Å². The van der Waals surface area contributed by atoms with E-state index in [2.05, 4.69) is 24.0 Å². The van der Waals surface area contributed by atoms with E-state index >= 15 is 0 Å². The van der Waals surface area contributed by atoms with Crippen molar-refractivity contribution >= 4 is 40.0 Å². The van der Waals surface area contributed by atoms with Crippen molar-refractivity contribution < 1.29 is 4.39 Å². The van der Waals surface area contributed by atoms with Crippen LogP contribution in [0.2, 0.25) is 5.02 Å². The van der Waals surface area contributed by atoms with Gasteiger partial charge in [-0.25, -0.2) is 4.39 Å². The summed E-state index contributed by atoms with van der Waals surface area (Å²) >= 11 is 7.50. The van der Waals surface area contributed by atoms with E-state index in [9.17, 15) is 9.18 Å². The van der Waals surface area contributed by atoms with Gasteiger partial charge in [-0.15, -0.1) is 10.2 Å². The second kappa shape index (κ2) is 7.80. The average Bonchev–Trinajstić information content (AvgIpc) is 3.08. The first-order valence-corrected chi connectivity index (χ1v) is 10.7. The Balaban J connectivity index is 1.89. The molecule has 4 aromatic rings. The summed E-state index contributed by atoms with van der Waals surface area (Å²) in [7, 11) is 0. The third-order valence-corrected chi connectivity index (χ3v) is 5.99. The fourth-order valence-electron chi connectivity index (χ4n) is 3.33. The highest BCUT2D eigenvalue weighted by molar-refractivity contribution is 7.98. The second-order valence-corrected chi connectivity index (χ2v) is 8.79. The minimum Gasteiger partial charge on any atom is -0.276 e. The summed E-state index contributed by atoms with van der Waals surface area (Å²) in [6, 6.07) is 10.4. The summed E-state index contributed by atoms with van der Waals surface area (Å²) in [4.78, 5) is 13.1. The summed E-state index contributed by atoms with van der Waals surface area (Å²) in [5.41, 5.74) is 2.09. The molecule has 0 unspecified atom stereocenters. The summed E-state index contributed by atoms with van der Waals surface area (Å²) in [5, 5.41) is 10.2. The van der Waals surface area contributed by atoms with Gasteiger partial charge in [0.15, 0.2) is 5.16 Å². The predicted molar refractivity (Wildman–Crippen MR) is 115 cm³/mol. The number of halogens is 2. The van der Waals surface area contributed by atoms with Crippen molar-refractivity contribution in [2.75, 3.05) is 0 Å². The number of aromatic nitrogens is 4. The number of hydrogen-bond acceptors (Lipinski definition) is 4. The van der Waals surface area contributed by atoms with Crippen LogP contribution in [0.4, 0.5) is 4.39 Å². The highest BCUT2D eigenvalue weighted by Crippen LogP contribution is 2.29. The van der Waals surface area contributed by atoms with E-state index in [1.54, 1.807) is 16.7 Å². The number of hydrogen-bond donors (Lipinski definition) is 0. The van der Waals surface area contributed by atoms with E-state index in [0.717, 1.165) is 11.1 Å². The predicted octanol–water partition coefficient (Wildman–Crippen LogP) is 5.09. The molecule has 2 heterocycles. The smallest absolute Gasteiger partial charge is 0.262 e. The first kappa shape index (κ1) is 19.9. The van der Waals surface area contributed by atoms with Gasteiger partial charge in [-0.2, -0.15) is 0 Å². The molecule has 0 aliphatic carbocycles. The standard InChI is InChI=1S/C21H20ClFN4OS/c1-12(2)10-26-19(28)14-9-13(3)7-8-18(14)27-20(26)24-25-21(27)29-11-15-16(22)5-4-6-17(15)23/h4-9,12H,10-11H2,1-3H3. The van der Waals surface area contributed by atoms with Crippen LogP contribution in [0.1, 0.15) is 25.0 Å². The molecule has 0 N–H and O–H groups in total. The molecule has 4 rings (SSSR count). The van der Waals surface area contributed by atoms with Gasteiger partial charge in [-0.05, 0) is 37.1 Å². The summed E-state index contributed by atoms with van der Waals surface area (Å²) in [6.45, 7) is 6.59.